The molecule has 0 amide bonds. The van der Waals surface area contributed by atoms with Crippen molar-refractivity contribution in [3.63, 3.8) is 0 Å². The van der Waals surface area contributed by atoms with E-state index >= 15 is 0 Å². The van der Waals surface area contributed by atoms with Gasteiger partial charge in [0.2, 0.25) is 0 Å². The largest absolute Gasteiger partial charge is 0.411 e. The first kappa shape index (κ1) is 13.8. The second-order valence-corrected chi connectivity index (χ2v) is 4.89. The van der Waals surface area contributed by atoms with Gasteiger partial charge in [0.15, 0.2) is 0 Å². The maximum atomic E-state index is 12.9. The maximum Gasteiger partial charge on any atom is 0.123 e. The first-order valence-corrected chi connectivity index (χ1v) is 6.59. The minimum Gasteiger partial charge on any atom is -0.411 e. The fraction of sp³-hybridized carbons (Fsp3) is 0.500. The molecule has 0 bridgehead atoms. The van der Waals surface area contributed by atoms with Crippen molar-refractivity contribution >= 4 is 11.4 Å². The Morgan fingerprint density at radius 3 is 2.42 bits per heavy atom. The number of benzene rings is 1. The molecule has 5 heteroatoms. The van der Waals surface area contributed by atoms with Crippen molar-refractivity contribution in [2.24, 2.45) is 5.16 Å². The lowest BCUT2D eigenvalue weighted by Crippen LogP contribution is -2.46. The number of hydrogen-bond donors (Lipinski definition) is 1. The zero-order valence-electron chi connectivity index (χ0n) is 11.2. The lowest BCUT2D eigenvalue weighted by atomic mass is 10.2. The molecule has 0 spiro atoms. The van der Waals surface area contributed by atoms with Crippen LogP contribution in [-0.2, 0) is 0 Å². The second kappa shape index (κ2) is 6.52. The summed E-state index contributed by atoms with van der Waals surface area (Å²) in [5.41, 5.74) is 1.84. The molecule has 1 aromatic carbocycles. The van der Waals surface area contributed by atoms with E-state index in [1.807, 2.05) is 19.1 Å². The second-order valence-electron chi connectivity index (χ2n) is 4.89. The number of rotatable bonds is 4. The highest BCUT2D eigenvalue weighted by atomic mass is 19.1. The summed E-state index contributed by atoms with van der Waals surface area (Å²) in [7, 11) is 0. The maximum absolute atomic E-state index is 12.9. The van der Waals surface area contributed by atoms with Gasteiger partial charge in [-0.1, -0.05) is 5.16 Å². The topological polar surface area (TPSA) is 39.1 Å². The molecule has 1 fully saturated rings. The van der Waals surface area contributed by atoms with Crippen LogP contribution in [0, 0.1) is 5.82 Å². The number of nitrogens with zero attached hydrogens (tertiary/aromatic N) is 3. The molecular weight excluding hydrogens is 245 g/mol. The van der Waals surface area contributed by atoms with E-state index in [1.54, 1.807) is 0 Å². The van der Waals surface area contributed by atoms with Crippen LogP contribution in [0.2, 0.25) is 0 Å². The normalized spacial score (nSPS) is 17.8. The molecule has 1 saturated heterocycles. The lowest BCUT2D eigenvalue weighted by molar-refractivity contribution is 0.262. The van der Waals surface area contributed by atoms with Crippen LogP contribution in [0.1, 0.15) is 13.3 Å². The van der Waals surface area contributed by atoms with Crippen LogP contribution < -0.4 is 4.90 Å². The Morgan fingerprint density at radius 2 is 1.84 bits per heavy atom. The van der Waals surface area contributed by atoms with E-state index in [0.29, 0.717) is 0 Å². The van der Waals surface area contributed by atoms with E-state index < -0.39 is 0 Å². The number of hydrogen-bond acceptors (Lipinski definition) is 4. The molecule has 1 aliphatic heterocycles. The minimum atomic E-state index is -0.193. The molecule has 0 unspecified atom stereocenters. The van der Waals surface area contributed by atoms with Crippen LogP contribution in [-0.4, -0.2) is 48.5 Å². The van der Waals surface area contributed by atoms with Crippen molar-refractivity contribution < 1.29 is 9.60 Å². The van der Waals surface area contributed by atoms with Crippen molar-refractivity contribution in [2.75, 3.05) is 37.6 Å². The molecule has 1 N–H and O–H groups in total. The summed E-state index contributed by atoms with van der Waals surface area (Å²) < 4.78 is 12.9. The molecule has 1 aliphatic rings. The Labute approximate surface area is 113 Å². The van der Waals surface area contributed by atoms with Crippen molar-refractivity contribution in [3.8, 4) is 0 Å². The summed E-state index contributed by atoms with van der Waals surface area (Å²) in [6.07, 6.45) is 0.799. The number of piperazine rings is 1. The van der Waals surface area contributed by atoms with Gasteiger partial charge in [0.05, 0.1) is 5.71 Å². The van der Waals surface area contributed by atoms with Crippen LogP contribution in [0.25, 0.3) is 0 Å². The summed E-state index contributed by atoms with van der Waals surface area (Å²) in [5, 5.41) is 11.8. The van der Waals surface area contributed by atoms with Gasteiger partial charge in [0, 0.05) is 44.8 Å². The van der Waals surface area contributed by atoms with Crippen molar-refractivity contribution in [2.45, 2.75) is 13.3 Å². The molecule has 0 radical (unpaired) electrons. The van der Waals surface area contributed by atoms with Gasteiger partial charge in [-0.2, -0.15) is 0 Å². The third kappa shape index (κ3) is 3.92. The zero-order chi connectivity index (χ0) is 13.7. The third-order valence-electron chi connectivity index (χ3n) is 3.52. The highest BCUT2D eigenvalue weighted by molar-refractivity contribution is 5.81. The Balaban J connectivity index is 1.80. The van der Waals surface area contributed by atoms with E-state index in [-0.39, 0.29) is 5.82 Å². The SMILES string of the molecule is C/C(CCN1CCN(c2ccc(F)cc2)CC1)=N/O. The van der Waals surface area contributed by atoms with E-state index in [1.165, 1.54) is 12.1 Å². The molecule has 104 valence electrons. The molecule has 2 rings (SSSR count). The first-order valence-electron chi connectivity index (χ1n) is 6.59. The monoisotopic (exact) mass is 265 g/mol. The van der Waals surface area contributed by atoms with E-state index in [0.717, 1.165) is 50.5 Å². The Morgan fingerprint density at radius 1 is 1.21 bits per heavy atom. The molecule has 0 saturated carbocycles. The average Bonchev–Trinajstić information content (AvgIpc) is 2.46. The number of halogens is 1. The molecule has 0 aliphatic carbocycles. The van der Waals surface area contributed by atoms with Gasteiger partial charge in [0.1, 0.15) is 5.82 Å². The minimum absolute atomic E-state index is 0.193. The van der Waals surface area contributed by atoms with Gasteiger partial charge in [-0.05, 0) is 31.2 Å². The Bertz CT molecular complexity index is 425. The predicted octanol–water partition coefficient (Wildman–Crippen LogP) is 2.19. The van der Waals surface area contributed by atoms with Crippen LogP contribution >= 0.6 is 0 Å². The van der Waals surface area contributed by atoms with Crippen molar-refractivity contribution in [3.05, 3.63) is 30.1 Å². The van der Waals surface area contributed by atoms with E-state index in [2.05, 4.69) is 15.0 Å². The fourth-order valence-electron chi connectivity index (χ4n) is 2.25. The fourth-order valence-corrected chi connectivity index (χ4v) is 2.25. The summed E-state index contributed by atoms with van der Waals surface area (Å²) in [6.45, 7) is 6.61. The van der Waals surface area contributed by atoms with Crippen LogP contribution in [0.4, 0.5) is 10.1 Å². The highest BCUT2D eigenvalue weighted by Crippen LogP contribution is 2.16. The average molecular weight is 265 g/mol. The molecular formula is C14H20FN3O. The Kier molecular flexibility index (Phi) is 4.74. The van der Waals surface area contributed by atoms with Gasteiger partial charge in [0.25, 0.3) is 0 Å². The van der Waals surface area contributed by atoms with Gasteiger partial charge in [-0.3, -0.25) is 4.90 Å². The van der Waals surface area contributed by atoms with E-state index in [4.69, 9.17) is 5.21 Å². The van der Waals surface area contributed by atoms with Gasteiger partial charge >= 0.3 is 0 Å². The number of anilines is 1. The summed E-state index contributed by atoms with van der Waals surface area (Å²) >= 11 is 0. The van der Waals surface area contributed by atoms with Crippen molar-refractivity contribution in [1.82, 2.24) is 4.90 Å². The molecule has 19 heavy (non-hydrogen) atoms. The summed E-state index contributed by atoms with van der Waals surface area (Å²) in [5.74, 6) is -0.193. The quantitative estimate of drug-likeness (QED) is 0.515. The molecule has 4 nitrogen and oxygen atoms in total. The van der Waals surface area contributed by atoms with Gasteiger partial charge in [-0.15, -0.1) is 0 Å². The van der Waals surface area contributed by atoms with Crippen LogP contribution in [0.3, 0.4) is 0 Å². The highest BCUT2D eigenvalue weighted by Gasteiger charge is 2.16. The van der Waals surface area contributed by atoms with Crippen LogP contribution in [0.5, 0.6) is 0 Å². The van der Waals surface area contributed by atoms with Crippen molar-refractivity contribution in [1.29, 1.82) is 0 Å². The van der Waals surface area contributed by atoms with Crippen LogP contribution in [0.15, 0.2) is 29.4 Å². The summed E-state index contributed by atoms with van der Waals surface area (Å²) in [4.78, 5) is 4.62. The molecule has 1 heterocycles. The molecule has 1 aromatic rings. The zero-order valence-corrected chi connectivity index (χ0v) is 11.2. The van der Waals surface area contributed by atoms with E-state index in [9.17, 15) is 4.39 Å². The standard InChI is InChI=1S/C14H20FN3O/c1-12(16-19)6-7-17-8-10-18(11-9-17)14-4-2-13(15)3-5-14/h2-5,19H,6-11H2,1H3/b16-12-. The number of oxime groups is 1. The Hall–Kier alpha value is -1.62. The predicted molar refractivity (Wildman–Crippen MR) is 74.6 cm³/mol. The first-order chi connectivity index (χ1) is 9.19. The van der Waals surface area contributed by atoms with Gasteiger partial charge < -0.3 is 10.1 Å². The smallest absolute Gasteiger partial charge is 0.123 e. The molecule has 0 aromatic heterocycles. The third-order valence-corrected chi connectivity index (χ3v) is 3.52. The molecule has 0 atom stereocenters. The lowest BCUT2D eigenvalue weighted by Gasteiger charge is -2.36. The van der Waals surface area contributed by atoms with Gasteiger partial charge in [-0.25, -0.2) is 4.39 Å². The summed E-state index contributed by atoms with van der Waals surface area (Å²) in [6, 6.07) is 6.66.